The summed E-state index contributed by atoms with van der Waals surface area (Å²) in [5.74, 6) is -0.931. The Labute approximate surface area is 143 Å². The van der Waals surface area contributed by atoms with Crippen LogP contribution in [0.3, 0.4) is 0 Å². The Bertz CT molecular complexity index is 784. The summed E-state index contributed by atoms with van der Waals surface area (Å²) in [7, 11) is 0. The molecule has 130 valence electrons. The van der Waals surface area contributed by atoms with Crippen LogP contribution >= 0.6 is 0 Å². The van der Waals surface area contributed by atoms with Gasteiger partial charge in [-0.25, -0.2) is 4.68 Å². The average molecular weight is 343 g/mol. The Morgan fingerprint density at radius 1 is 1.40 bits per heavy atom. The molecule has 1 atom stereocenters. The van der Waals surface area contributed by atoms with Gasteiger partial charge in [0, 0.05) is 6.61 Å². The van der Waals surface area contributed by atoms with Crippen LogP contribution in [0.2, 0.25) is 0 Å². The summed E-state index contributed by atoms with van der Waals surface area (Å²) in [6.45, 7) is 0.464. The molecule has 9 nitrogen and oxygen atoms in total. The van der Waals surface area contributed by atoms with Crippen molar-refractivity contribution in [3.8, 4) is 6.07 Å². The highest BCUT2D eigenvalue weighted by Crippen LogP contribution is 2.25. The van der Waals surface area contributed by atoms with E-state index in [0.717, 1.165) is 19.3 Å². The molecule has 2 aromatic rings. The molecule has 3 rings (SSSR count). The SMILES string of the molecule is N#CCNC(=O)c1nn(C2CCCCO2)cc1NC(=O)c1ccco1. The van der Waals surface area contributed by atoms with Crippen LogP contribution in [0, 0.1) is 11.3 Å². The molecule has 2 amide bonds. The fourth-order valence-electron chi connectivity index (χ4n) is 2.53. The number of carbonyl (C=O) groups excluding carboxylic acids is 2. The van der Waals surface area contributed by atoms with Gasteiger partial charge in [0.1, 0.15) is 12.8 Å². The Balaban J connectivity index is 1.85. The van der Waals surface area contributed by atoms with Crippen molar-refractivity contribution >= 4 is 17.5 Å². The minimum atomic E-state index is -0.550. The summed E-state index contributed by atoms with van der Waals surface area (Å²) in [6, 6.07) is 4.93. The monoisotopic (exact) mass is 343 g/mol. The molecule has 1 unspecified atom stereocenters. The van der Waals surface area contributed by atoms with Crippen molar-refractivity contribution in [3.63, 3.8) is 0 Å². The molecule has 2 N–H and O–H groups in total. The van der Waals surface area contributed by atoms with Gasteiger partial charge in [-0.3, -0.25) is 9.59 Å². The van der Waals surface area contributed by atoms with E-state index in [2.05, 4.69) is 15.7 Å². The minimum absolute atomic E-state index is 0.0179. The van der Waals surface area contributed by atoms with Crippen LogP contribution < -0.4 is 10.6 Å². The third kappa shape index (κ3) is 3.87. The third-order valence-electron chi connectivity index (χ3n) is 3.72. The molecule has 3 heterocycles. The van der Waals surface area contributed by atoms with Crippen molar-refractivity contribution in [2.24, 2.45) is 0 Å². The van der Waals surface area contributed by atoms with Crippen molar-refractivity contribution in [1.29, 1.82) is 5.26 Å². The summed E-state index contributed by atoms with van der Waals surface area (Å²) in [6.07, 6.45) is 5.40. The maximum absolute atomic E-state index is 12.2. The van der Waals surface area contributed by atoms with E-state index in [1.54, 1.807) is 12.3 Å². The molecule has 0 spiro atoms. The molecule has 0 bridgehead atoms. The number of hydrogen-bond acceptors (Lipinski definition) is 6. The van der Waals surface area contributed by atoms with Crippen molar-refractivity contribution in [3.05, 3.63) is 36.0 Å². The summed E-state index contributed by atoms with van der Waals surface area (Å²) in [5.41, 5.74) is 0.246. The van der Waals surface area contributed by atoms with Crippen molar-refractivity contribution in [2.75, 3.05) is 18.5 Å². The number of hydrogen-bond donors (Lipinski definition) is 2. The maximum Gasteiger partial charge on any atom is 0.291 e. The Morgan fingerprint density at radius 2 is 2.28 bits per heavy atom. The van der Waals surface area contributed by atoms with E-state index in [4.69, 9.17) is 14.4 Å². The van der Waals surface area contributed by atoms with Gasteiger partial charge in [-0.05, 0) is 31.4 Å². The molecule has 0 saturated carbocycles. The van der Waals surface area contributed by atoms with Crippen molar-refractivity contribution in [2.45, 2.75) is 25.5 Å². The number of furan rings is 1. The highest BCUT2D eigenvalue weighted by atomic mass is 16.5. The molecule has 1 aliphatic heterocycles. The molecule has 0 aromatic carbocycles. The summed E-state index contributed by atoms with van der Waals surface area (Å²) >= 11 is 0. The first-order valence-electron chi connectivity index (χ1n) is 7.90. The lowest BCUT2D eigenvalue weighted by Gasteiger charge is -2.22. The van der Waals surface area contributed by atoms with Crippen LogP contribution in [0.1, 0.15) is 46.5 Å². The van der Waals surface area contributed by atoms with Gasteiger partial charge in [0.05, 0.1) is 24.2 Å². The van der Waals surface area contributed by atoms with Crippen LogP contribution in [0.4, 0.5) is 5.69 Å². The normalized spacial score (nSPS) is 16.8. The number of nitrogens with one attached hydrogen (secondary N) is 2. The quantitative estimate of drug-likeness (QED) is 0.796. The van der Waals surface area contributed by atoms with Gasteiger partial charge in [0.15, 0.2) is 11.5 Å². The largest absolute Gasteiger partial charge is 0.459 e. The molecular weight excluding hydrogens is 326 g/mol. The lowest BCUT2D eigenvalue weighted by Crippen LogP contribution is -2.26. The van der Waals surface area contributed by atoms with E-state index < -0.39 is 11.8 Å². The number of ether oxygens (including phenoxy) is 1. The van der Waals surface area contributed by atoms with E-state index in [1.165, 1.54) is 17.0 Å². The zero-order valence-electron chi connectivity index (χ0n) is 13.4. The predicted molar refractivity (Wildman–Crippen MR) is 85.7 cm³/mol. The van der Waals surface area contributed by atoms with Crippen LogP contribution in [-0.4, -0.2) is 34.7 Å². The molecule has 1 saturated heterocycles. The second-order valence-corrected chi connectivity index (χ2v) is 5.46. The van der Waals surface area contributed by atoms with Gasteiger partial charge in [-0.2, -0.15) is 10.4 Å². The fraction of sp³-hybridized carbons (Fsp3) is 0.375. The number of anilines is 1. The highest BCUT2D eigenvalue weighted by Gasteiger charge is 2.24. The van der Waals surface area contributed by atoms with Gasteiger partial charge in [-0.15, -0.1) is 0 Å². The van der Waals surface area contributed by atoms with E-state index in [9.17, 15) is 9.59 Å². The lowest BCUT2D eigenvalue weighted by molar-refractivity contribution is -0.0395. The predicted octanol–water partition coefficient (Wildman–Crippen LogP) is 1.68. The second-order valence-electron chi connectivity index (χ2n) is 5.46. The molecule has 9 heteroatoms. The number of rotatable bonds is 5. The number of nitrogens with zero attached hydrogens (tertiary/aromatic N) is 3. The van der Waals surface area contributed by atoms with Gasteiger partial charge >= 0.3 is 0 Å². The summed E-state index contributed by atoms with van der Waals surface area (Å²) in [5, 5.41) is 17.9. The van der Waals surface area contributed by atoms with E-state index in [1.807, 2.05) is 6.07 Å². The second kappa shape index (κ2) is 7.63. The zero-order chi connectivity index (χ0) is 17.6. The third-order valence-corrected chi connectivity index (χ3v) is 3.72. The minimum Gasteiger partial charge on any atom is -0.459 e. The highest BCUT2D eigenvalue weighted by molar-refractivity contribution is 6.07. The molecule has 0 radical (unpaired) electrons. The average Bonchev–Trinajstić information content (AvgIpc) is 3.30. The maximum atomic E-state index is 12.2. The van der Waals surface area contributed by atoms with Crippen LogP contribution in [0.5, 0.6) is 0 Å². The summed E-state index contributed by atoms with van der Waals surface area (Å²) in [4.78, 5) is 24.4. The summed E-state index contributed by atoms with van der Waals surface area (Å²) < 4.78 is 12.2. The van der Waals surface area contributed by atoms with E-state index >= 15 is 0 Å². The molecular formula is C16H17N5O4. The molecule has 1 fully saturated rings. The van der Waals surface area contributed by atoms with E-state index in [0.29, 0.717) is 6.61 Å². The standard InChI is InChI=1S/C16H17N5O4/c17-6-7-18-16(23)14-11(19-15(22)12-4-3-9-24-12)10-21(20-14)13-5-1-2-8-25-13/h3-4,9-10,13H,1-2,5,7-8H2,(H,18,23)(H,19,22). The van der Waals surface area contributed by atoms with Gasteiger partial charge in [0.25, 0.3) is 11.8 Å². The molecule has 0 aliphatic carbocycles. The first-order chi connectivity index (χ1) is 12.2. The van der Waals surface area contributed by atoms with Gasteiger partial charge < -0.3 is 19.8 Å². The first kappa shape index (κ1) is 16.7. The van der Waals surface area contributed by atoms with Crippen LogP contribution in [0.25, 0.3) is 0 Å². The molecule has 25 heavy (non-hydrogen) atoms. The Morgan fingerprint density at radius 3 is 2.96 bits per heavy atom. The van der Waals surface area contributed by atoms with Crippen molar-refractivity contribution in [1.82, 2.24) is 15.1 Å². The van der Waals surface area contributed by atoms with E-state index in [-0.39, 0.29) is 29.9 Å². The first-order valence-corrected chi connectivity index (χ1v) is 7.90. The number of aromatic nitrogens is 2. The number of amides is 2. The smallest absolute Gasteiger partial charge is 0.291 e. The number of carbonyl (C=O) groups is 2. The van der Waals surface area contributed by atoms with Gasteiger partial charge in [-0.1, -0.05) is 0 Å². The van der Waals surface area contributed by atoms with Crippen molar-refractivity contribution < 1.29 is 18.7 Å². The molecule has 1 aliphatic rings. The van der Waals surface area contributed by atoms with Crippen LogP contribution in [-0.2, 0) is 4.74 Å². The lowest BCUT2D eigenvalue weighted by atomic mass is 10.2. The van der Waals surface area contributed by atoms with Crippen LogP contribution in [0.15, 0.2) is 29.0 Å². The Hall–Kier alpha value is -3.12. The Kier molecular flexibility index (Phi) is 5.11. The fourth-order valence-corrected chi connectivity index (χ4v) is 2.53. The number of nitriles is 1. The van der Waals surface area contributed by atoms with Gasteiger partial charge in [0.2, 0.25) is 0 Å². The molecule has 2 aromatic heterocycles. The zero-order valence-corrected chi connectivity index (χ0v) is 13.4. The topological polar surface area (TPSA) is 122 Å².